The lowest BCUT2D eigenvalue weighted by atomic mass is 10.2. The Labute approximate surface area is 79.3 Å². The smallest absolute Gasteiger partial charge is 0.237 e. The van der Waals surface area contributed by atoms with Gasteiger partial charge in [-0.25, -0.2) is 0 Å². The standard InChI is InChI=1S/C10H16N2O/c1-4-7(2)11-8(3)10(13)12-9-5-6-9/h1,7-9,11H,5-6H2,2-3H3,(H,12,13). The highest BCUT2D eigenvalue weighted by Gasteiger charge is 2.25. The summed E-state index contributed by atoms with van der Waals surface area (Å²) >= 11 is 0. The number of hydrogen-bond donors (Lipinski definition) is 2. The second kappa shape index (κ2) is 4.29. The zero-order valence-electron chi connectivity index (χ0n) is 8.13. The van der Waals surface area contributed by atoms with E-state index in [9.17, 15) is 4.79 Å². The van der Waals surface area contributed by atoms with E-state index in [0.717, 1.165) is 12.8 Å². The second-order valence-electron chi connectivity index (χ2n) is 3.56. The van der Waals surface area contributed by atoms with Crippen molar-refractivity contribution in [2.45, 2.75) is 44.8 Å². The Kier molecular flexibility index (Phi) is 3.32. The van der Waals surface area contributed by atoms with E-state index in [1.807, 2.05) is 13.8 Å². The van der Waals surface area contributed by atoms with Crippen LogP contribution in [-0.2, 0) is 4.79 Å². The van der Waals surface area contributed by atoms with Crippen LogP contribution in [0.25, 0.3) is 0 Å². The van der Waals surface area contributed by atoms with Crippen LogP contribution in [0.2, 0.25) is 0 Å². The fourth-order valence-electron chi connectivity index (χ4n) is 1.05. The maximum Gasteiger partial charge on any atom is 0.237 e. The van der Waals surface area contributed by atoms with Gasteiger partial charge in [0.15, 0.2) is 0 Å². The van der Waals surface area contributed by atoms with Crippen LogP contribution in [0.1, 0.15) is 26.7 Å². The molecule has 3 nitrogen and oxygen atoms in total. The molecule has 0 aromatic heterocycles. The van der Waals surface area contributed by atoms with Crippen LogP contribution in [0.3, 0.4) is 0 Å². The van der Waals surface area contributed by atoms with Gasteiger partial charge in [-0.05, 0) is 26.7 Å². The molecule has 2 N–H and O–H groups in total. The van der Waals surface area contributed by atoms with Crippen LogP contribution in [0, 0.1) is 12.3 Å². The van der Waals surface area contributed by atoms with Crippen molar-refractivity contribution in [3.63, 3.8) is 0 Å². The van der Waals surface area contributed by atoms with Crippen LogP contribution in [0.5, 0.6) is 0 Å². The zero-order chi connectivity index (χ0) is 9.84. The predicted octanol–water partition coefficient (Wildman–Crippen LogP) is 0.265. The van der Waals surface area contributed by atoms with Crippen LogP contribution in [-0.4, -0.2) is 24.0 Å². The molecule has 0 heterocycles. The topological polar surface area (TPSA) is 41.1 Å². The van der Waals surface area contributed by atoms with Crippen molar-refractivity contribution < 1.29 is 4.79 Å². The molecule has 0 saturated heterocycles. The third kappa shape index (κ3) is 3.47. The summed E-state index contributed by atoms with van der Waals surface area (Å²) in [5.41, 5.74) is 0. The van der Waals surface area contributed by atoms with Crippen LogP contribution >= 0.6 is 0 Å². The van der Waals surface area contributed by atoms with Crippen molar-refractivity contribution in [2.75, 3.05) is 0 Å². The Hall–Kier alpha value is -1.01. The van der Waals surface area contributed by atoms with Crippen molar-refractivity contribution in [3.05, 3.63) is 0 Å². The second-order valence-corrected chi connectivity index (χ2v) is 3.56. The monoisotopic (exact) mass is 180 g/mol. The van der Waals surface area contributed by atoms with Crippen molar-refractivity contribution in [1.29, 1.82) is 0 Å². The van der Waals surface area contributed by atoms with E-state index < -0.39 is 0 Å². The van der Waals surface area contributed by atoms with Crippen molar-refractivity contribution in [2.24, 2.45) is 0 Å². The minimum Gasteiger partial charge on any atom is -0.352 e. The molecule has 1 aliphatic carbocycles. The van der Waals surface area contributed by atoms with Crippen LogP contribution in [0.4, 0.5) is 0 Å². The van der Waals surface area contributed by atoms with Crippen LogP contribution < -0.4 is 10.6 Å². The van der Waals surface area contributed by atoms with Gasteiger partial charge in [0.05, 0.1) is 12.1 Å². The molecule has 0 radical (unpaired) electrons. The first-order valence-electron chi connectivity index (χ1n) is 4.66. The van der Waals surface area contributed by atoms with Gasteiger partial charge in [0.25, 0.3) is 0 Å². The maximum absolute atomic E-state index is 11.4. The predicted molar refractivity (Wildman–Crippen MR) is 52.1 cm³/mol. The Morgan fingerprint density at radius 1 is 1.54 bits per heavy atom. The molecule has 0 bridgehead atoms. The molecular weight excluding hydrogens is 164 g/mol. The normalized spacial score (nSPS) is 20.1. The third-order valence-corrected chi connectivity index (χ3v) is 2.07. The van der Waals surface area contributed by atoms with Gasteiger partial charge >= 0.3 is 0 Å². The maximum atomic E-state index is 11.4. The van der Waals surface area contributed by atoms with Gasteiger partial charge in [-0.1, -0.05) is 5.92 Å². The number of amides is 1. The van der Waals surface area contributed by atoms with E-state index in [1.54, 1.807) is 0 Å². The van der Waals surface area contributed by atoms with Gasteiger partial charge in [0, 0.05) is 6.04 Å². The van der Waals surface area contributed by atoms with E-state index in [4.69, 9.17) is 6.42 Å². The minimum atomic E-state index is -0.202. The number of terminal acetylenes is 1. The van der Waals surface area contributed by atoms with Gasteiger partial charge in [0.1, 0.15) is 0 Å². The molecule has 2 unspecified atom stereocenters. The summed E-state index contributed by atoms with van der Waals surface area (Å²) < 4.78 is 0. The summed E-state index contributed by atoms with van der Waals surface area (Å²) in [6.45, 7) is 3.69. The van der Waals surface area contributed by atoms with E-state index in [2.05, 4.69) is 16.6 Å². The van der Waals surface area contributed by atoms with E-state index in [-0.39, 0.29) is 18.0 Å². The summed E-state index contributed by atoms with van der Waals surface area (Å²) in [5, 5.41) is 5.93. The highest BCUT2D eigenvalue weighted by molar-refractivity contribution is 5.81. The average Bonchev–Trinajstić information content (AvgIpc) is 2.87. The highest BCUT2D eigenvalue weighted by Crippen LogP contribution is 2.18. The number of carbonyl (C=O) groups excluding carboxylic acids is 1. The van der Waals surface area contributed by atoms with Crippen molar-refractivity contribution in [1.82, 2.24) is 10.6 Å². The molecule has 0 aromatic carbocycles. The summed E-state index contributed by atoms with van der Waals surface area (Å²) in [6.07, 6.45) is 7.42. The average molecular weight is 180 g/mol. The lowest BCUT2D eigenvalue weighted by Crippen LogP contribution is -2.45. The molecule has 2 atom stereocenters. The Morgan fingerprint density at radius 2 is 2.15 bits per heavy atom. The number of hydrogen-bond acceptors (Lipinski definition) is 2. The van der Waals surface area contributed by atoms with E-state index >= 15 is 0 Å². The SMILES string of the molecule is C#CC(C)NC(C)C(=O)NC1CC1. The summed E-state index contributed by atoms with van der Waals surface area (Å²) in [4.78, 5) is 11.4. The molecule has 13 heavy (non-hydrogen) atoms. The molecule has 1 aliphatic rings. The molecule has 1 fully saturated rings. The first-order chi connectivity index (χ1) is 6.13. The lowest BCUT2D eigenvalue weighted by molar-refractivity contribution is -0.123. The molecule has 72 valence electrons. The Bertz CT molecular complexity index is 228. The van der Waals surface area contributed by atoms with Crippen molar-refractivity contribution >= 4 is 5.91 Å². The van der Waals surface area contributed by atoms with Gasteiger partial charge in [0.2, 0.25) is 5.91 Å². The molecular formula is C10H16N2O. The molecule has 1 saturated carbocycles. The minimum absolute atomic E-state index is 0.0459. The fraction of sp³-hybridized carbons (Fsp3) is 0.700. The quantitative estimate of drug-likeness (QED) is 0.609. The molecule has 0 aromatic rings. The summed E-state index contributed by atoms with van der Waals surface area (Å²) in [5.74, 6) is 2.57. The van der Waals surface area contributed by atoms with E-state index in [0.29, 0.717) is 6.04 Å². The van der Waals surface area contributed by atoms with Crippen LogP contribution in [0.15, 0.2) is 0 Å². The van der Waals surface area contributed by atoms with Gasteiger partial charge in [-0.3, -0.25) is 10.1 Å². The van der Waals surface area contributed by atoms with Gasteiger partial charge in [-0.2, -0.15) is 0 Å². The zero-order valence-corrected chi connectivity index (χ0v) is 8.13. The van der Waals surface area contributed by atoms with Crippen molar-refractivity contribution in [3.8, 4) is 12.3 Å². The molecule has 0 spiro atoms. The number of nitrogens with one attached hydrogen (secondary N) is 2. The van der Waals surface area contributed by atoms with Gasteiger partial charge < -0.3 is 5.32 Å². The molecule has 1 amide bonds. The summed E-state index contributed by atoms with van der Waals surface area (Å²) in [6, 6.07) is 0.157. The number of rotatable bonds is 4. The Balaban J connectivity index is 2.24. The first kappa shape index (κ1) is 10.1. The van der Waals surface area contributed by atoms with E-state index in [1.165, 1.54) is 0 Å². The lowest BCUT2D eigenvalue weighted by Gasteiger charge is -2.15. The number of carbonyl (C=O) groups is 1. The molecule has 3 heteroatoms. The molecule has 0 aliphatic heterocycles. The van der Waals surface area contributed by atoms with Gasteiger partial charge in [-0.15, -0.1) is 6.42 Å². The summed E-state index contributed by atoms with van der Waals surface area (Å²) in [7, 11) is 0. The first-order valence-corrected chi connectivity index (χ1v) is 4.66. The third-order valence-electron chi connectivity index (χ3n) is 2.07. The Morgan fingerprint density at radius 3 is 2.62 bits per heavy atom. The fourth-order valence-corrected chi connectivity index (χ4v) is 1.05. The molecule has 1 rings (SSSR count). The highest BCUT2D eigenvalue weighted by atomic mass is 16.2. The largest absolute Gasteiger partial charge is 0.352 e.